The van der Waals surface area contributed by atoms with Crippen LogP contribution in [-0.4, -0.2) is 29.4 Å². The van der Waals surface area contributed by atoms with Gasteiger partial charge in [0.05, 0.1) is 11.9 Å². The molecule has 0 heterocycles. The smallest absolute Gasteiger partial charge is 0.230 e. The molecule has 1 saturated carbocycles. The first-order valence-electron chi connectivity index (χ1n) is 6.29. The van der Waals surface area contributed by atoms with Crippen molar-refractivity contribution < 1.29 is 9.90 Å². The Morgan fingerprint density at radius 2 is 2.11 bits per heavy atom. The van der Waals surface area contributed by atoms with Gasteiger partial charge in [-0.2, -0.15) is 0 Å². The number of hydrogen-bond donors (Lipinski definition) is 2. The molecule has 1 aromatic rings. The molecule has 1 atom stereocenters. The Kier molecular flexibility index (Phi) is 4.66. The minimum absolute atomic E-state index is 0.0136. The highest BCUT2D eigenvalue weighted by Crippen LogP contribution is 2.32. The minimum Gasteiger partial charge on any atom is -0.391 e. The van der Waals surface area contributed by atoms with Crippen LogP contribution in [0, 0.1) is 12.8 Å². The molecule has 1 amide bonds. The highest BCUT2D eigenvalue weighted by Gasteiger charge is 2.29. The van der Waals surface area contributed by atoms with Crippen LogP contribution in [0.1, 0.15) is 18.4 Å². The summed E-state index contributed by atoms with van der Waals surface area (Å²) in [6.45, 7) is 2.43. The molecule has 1 aliphatic rings. The number of benzene rings is 1. The Hall–Kier alpha value is -1.00. The maximum absolute atomic E-state index is 11.6. The number of rotatable bonds is 6. The molecule has 2 N–H and O–H groups in total. The van der Waals surface area contributed by atoms with E-state index in [-0.39, 0.29) is 12.0 Å². The molecule has 0 spiro atoms. The number of aryl methyl sites for hydroxylation is 1. The van der Waals surface area contributed by atoms with Crippen molar-refractivity contribution in [1.29, 1.82) is 0 Å². The van der Waals surface area contributed by atoms with Crippen LogP contribution in [0.5, 0.6) is 0 Å². The molecule has 1 aromatic carbocycles. The zero-order valence-corrected chi connectivity index (χ0v) is 11.4. The van der Waals surface area contributed by atoms with E-state index in [9.17, 15) is 9.90 Å². The lowest BCUT2D eigenvalue weighted by molar-refractivity contribution is -0.119. The van der Waals surface area contributed by atoms with Crippen molar-refractivity contribution in [3.63, 3.8) is 0 Å². The topological polar surface area (TPSA) is 49.3 Å². The third-order valence-corrected chi connectivity index (χ3v) is 4.08. The monoisotopic (exact) mass is 265 g/mol. The predicted octanol–water partition coefficient (Wildman–Crippen LogP) is 1.97. The molecule has 0 bridgehead atoms. The number of aliphatic hydroxyl groups is 1. The van der Waals surface area contributed by atoms with Crippen molar-refractivity contribution in [3.05, 3.63) is 29.8 Å². The van der Waals surface area contributed by atoms with Crippen LogP contribution in [0.3, 0.4) is 0 Å². The van der Waals surface area contributed by atoms with E-state index < -0.39 is 0 Å². The first kappa shape index (κ1) is 13.4. The number of aliphatic hydroxyl groups excluding tert-OH is 1. The van der Waals surface area contributed by atoms with Crippen LogP contribution in [-0.2, 0) is 4.79 Å². The van der Waals surface area contributed by atoms with Gasteiger partial charge in [0.1, 0.15) is 0 Å². The normalized spacial score (nSPS) is 16.3. The summed E-state index contributed by atoms with van der Waals surface area (Å²) < 4.78 is 0. The lowest BCUT2D eigenvalue weighted by Crippen LogP contribution is -2.34. The van der Waals surface area contributed by atoms with E-state index in [0.717, 1.165) is 17.7 Å². The number of hydrogen-bond acceptors (Lipinski definition) is 3. The molecule has 0 aromatic heterocycles. The predicted molar refractivity (Wildman–Crippen MR) is 73.6 cm³/mol. The lowest BCUT2D eigenvalue weighted by atomic mass is 10.2. The summed E-state index contributed by atoms with van der Waals surface area (Å²) in [6.07, 6.45) is 1.82. The molecule has 18 heavy (non-hydrogen) atoms. The maximum Gasteiger partial charge on any atom is 0.230 e. The SMILES string of the molecule is Cc1ccc(SCC(=O)NCC(O)C2CC2)cc1. The van der Waals surface area contributed by atoms with Crippen LogP contribution in [0.15, 0.2) is 29.2 Å². The number of carbonyl (C=O) groups excluding carboxylic acids is 1. The summed E-state index contributed by atoms with van der Waals surface area (Å²) in [6, 6.07) is 8.12. The van der Waals surface area contributed by atoms with Crippen molar-refractivity contribution in [2.45, 2.75) is 30.8 Å². The summed E-state index contributed by atoms with van der Waals surface area (Å²) in [5, 5.41) is 12.4. The van der Waals surface area contributed by atoms with Crippen LogP contribution < -0.4 is 5.32 Å². The molecule has 3 nitrogen and oxygen atoms in total. The average molecular weight is 265 g/mol. The van der Waals surface area contributed by atoms with Crippen LogP contribution >= 0.6 is 11.8 Å². The highest BCUT2D eigenvalue weighted by atomic mass is 32.2. The fourth-order valence-corrected chi connectivity index (χ4v) is 2.43. The summed E-state index contributed by atoms with van der Waals surface area (Å²) in [4.78, 5) is 12.7. The first-order valence-corrected chi connectivity index (χ1v) is 7.28. The van der Waals surface area contributed by atoms with Gasteiger partial charge in [-0.1, -0.05) is 17.7 Å². The molecule has 0 saturated heterocycles. The zero-order chi connectivity index (χ0) is 13.0. The standard InChI is InChI=1S/C14H19NO2S/c1-10-2-6-12(7-3-10)18-9-14(17)15-8-13(16)11-4-5-11/h2-3,6-7,11,13,16H,4-5,8-9H2,1H3,(H,15,17). The van der Waals surface area contributed by atoms with Crippen LogP contribution in [0.4, 0.5) is 0 Å². The second kappa shape index (κ2) is 6.25. The van der Waals surface area contributed by atoms with Gasteiger partial charge >= 0.3 is 0 Å². The van der Waals surface area contributed by atoms with E-state index in [1.807, 2.05) is 31.2 Å². The lowest BCUT2D eigenvalue weighted by Gasteiger charge is -2.10. The van der Waals surface area contributed by atoms with Gasteiger partial charge in [0.2, 0.25) is 5.91 Å². The average Bonchev–Trinajstić information content (AvgIpc) is 3.19. The van der Waals surface area contributed by atoms with Crippen molar-refractivity contribution in [3.8, 4) is 0 Å². The maximum atomic E-state index is 11.6. The van der Waals surface area contributed by atoms with Crippen molar-refractivity contribution in [1.82, 2.24) is 5.32 Å². The van der Waals surface area contributed by atoms with Crippen LogP contribution in [0.2, 0.25) is 0 Å². The van der Waals surface area contributed by atoms with Gasteiger partial charge in [0.25, 0.3) is 0 Å². The van der Waals surface area contributed by atoms with Gasteiger partial charge in [0, 0.05) is 11.4 Å². The summed E-state index contributed by atoms with van der Waals surface area (Å²) in [5.41, 5.74) is 1.22. The number of amides is 1. The van der Waals surface area contributed by atoms with Crippen molar-refractivity contribution in [2.24, 2.45) is 5.92 Å². The van der Waals surface area contributed by atoms with Gasteiger partial charge < -0.3 is 10.4 Å². The van der Waals surface area contributed by atoms with E-state index >= 15 is 0 Å². The fourth-order valence-electron chi connectivity index (χ4n) is 1.70. The Labute approximate surface area is 112 Å². The van der Waals surface area contributed by atoms with Crippen molar-refractivity contribution >= 4 is 17.7 Å². The van der Waals surface area contributed by atoms with Gasteiger partial charge in [-0.05, 0) is 37.8 Å². The Morgan fingerprint density at radius 1 is 1.44 bits per heavy atom. The van der Waals surface area contributed by atoms with E-state index in [4.69, 9.17) is 0 Å². The van der Waals surface area contributed by atoms with Gasteiger partial charge in [-0.3, -0.25) is 4.79 Å². The Bertz CT molecular complexity index is 401. The first-order chi connectivity index (χ1) is 8.65. The number of carbonyl (C=O) groups is 1. The van der Waals surface area contributed by atoms with E-state index in [1.54, 1.807) is 0 Å². The second-order valence-corrected chi connectivity index (χ2v) is 5.86. The molecule has 2 rings (SSSR count). The molecule has 0 radical (unpaired) electrons. The molecule has 1 unspecified atom stereocenters. The Balaban J connectivity index is 1.66. The van der Waals surface area contributed by atoms with Gasteiger partial charge in [-0.15, -0.1) is 11.8 Å². The van der Waals surface area contributed by atoms with Crippen molar-refractivity contribution in [2.75, 3.05) is 12.3 Å². The molecule has 1 aliphatic carbocycles. The summed E-state index contributed by atoms with van der Waals surface area (Å²) in [5.74, 6) is 0.802. The third kappa shape index (κ3) is 4.35. The minimum atomic E-state index is -0.363. The Morgan fingerprint density at radius 3 is 2.72 bits per heavy atom. The van der Waals surface area contributed by atoms with Gasteiger partial charge in [0.15, 0.2) is 0 Å². The molecule has 1 fully saturated rings. The molecule has 0 aliphatic heterocycles. The summed E-state index contributed by atoms with van der Waals surface area (Å²) in [7, 11) is 0. The van der Waals surface area contributed by atoms with E-state index in [1.165, 1.54) is 17.3 Å². The highest BCUT2D eigenvalue weighted by molar-refractivity contribution is 8.00. The molecular weight excluding hydrogens is 246 g/mol. The second-order valence-electron chi connectivity index (χ2n) is 4.81. The number of nitrogens with one attached hydrogen (secondary N) is 1. The van der Waals surface area contributed by atoms with Crippen LogP contribution in [0.25, 0.3) is 0 Å². The number of thioether (sulfide) groups is 1. The largest absolute Gasteiger partial charge is 0.391 e. The molecular formula is C14H19NO2S. The molecule has 4 heteroatoms. The quantitative estimate of drug-likeness (QED) is 0.773. The zero-order valence-electron chi connectivity index (χ0n) is 10.6. The fraction of sp³-hybridized carbons (Fsp3) is 0.500. The van der Waals surface area contributed by atoms with E-state index in [2.05, 4.69) is 5.32 Å². The summed E-state index contributed by atoms with van der Waals surface area (Å²) >= 11 is 1.52. The molecule has 98 valence electrons. The third-order valence-electron chi connectivity index (χ3n) is 3.07. The van der Waals surface area contributed by atoms with Gasteiger partial charge in [-0.25, -0.2) is 0 Å². The van der Waals surface area contributed by atoms with E-state index in [0.29, 0.717) is 18.2 Å².